The fourth-order valence-corrected chi connectivity index (χ4v) is 3.44. The van der Waals surface area contributed by atoms with Crippen molar-refractivity contribution in [2.24, 2.45) is 5.73 Å². The summed E-state index contributed by atoms with van der Waals surface area (Å²) >= 11 is 0. The van der Waals surface area contributed by atoms with Crippen molar-refractivity contribution in [1.29, 1.82) is 0 Å². The fraction of sp³-hybridized carbons (Fsp3) is 0.261. The van der Waals surface area contributed by atoms with Gasteiger partial charge in [-0.25, -0.2) is 4.68 Å². The zero-order chi connectivity index (χ0) is 23.6. The maximum atomic E-state index is 12.9. The van der Waals surface area contributed by atoms with Crippen LogP contribution in [0.2, 0.25) is 0 Å². The van der Waals surface area contributed by atoms with E-state index in [1.807, 2.05) is 13.8 Å². The van der Waals surface area contributed by atoms with E-state index in [0.29, 0.717) is 22.4 Å². The number of amides is 1. The summed E-state index contributed by atoms with van der Waals surface area (Å²) in [6.45, 7) is 3.74. The first kappa shape index (κ1) is 23.1. The van der Waals surface area contributed by atoms with Crippen LogP contribution < -0.4 is 11.5 Å². The van der Waals surface area contributed by atoms with Gasteiger partial charge in [0, 0.05) is 24.4 Å². The monoisotopic (exact) mass is 444 g/mol. The highest BCUT2D eigenvalue weighted by Crippen LogP contribution is 2.30. The van der Waals surface area contributed by atoms with Gasteiger partial charge in [-0.15, -0.1) is 0 Å². The van der Waals surface area contributed by atoms with Crippen LogP contribution in [0.1, 0.15) is 46.9 Å². The molecule has 32 heavy (non-hydrogen) atoms. The van der Waals surface area contributed by atoms with Gasteiger partial charge in [0.1, 0.15) is 22.9 Å². The molecule has 0 saturated heterocycles. The van der Waals surface area contributed by atoms with Gasteiger partial charge in [-0.2, -0.15) is 18.3 Å². The summed E-state index contributed by atoms with van der Waals surface area (Å²) < 4.78 is 40.1. The molecular weight excluding hydrogens is 421 g/mol. The van der Waals surface area contributed by atoms with E-state index in [9.17, 15) is 22.8 Å². The van der Waals surface area contributed by atoms with Crippen molar-refractivity contribution in [3.05, 3.63) is 70.8 Å². The molecule has 0 atom stereocenters. The lowest BCUT2D eigenvalue weighted by Crippen LogP contribution is -2.15. The van der Waals surface area contributed by atoms with Gasteiger partial charge < -0.3 is 11.5 Å². The van der Waals surface area contributed by atoms with Crippen molar-refractivity contribution in [1.82, 2.24) is 9.78 Å². The van der Waals surface area contributed by atoms with E-state index in [-0.39, 0.29) is 36.0 Å². The average Bonchev–Trinajstić information content (AvgIpc) is 3.05. The topological polar surface area (TPSA) is 104 Å². The number of anilines is 1. The predicted octanol–water partition coefficient (Wildman–Crippen LogP) is 4.19. The Morgan fingerprint density at radius 2 is 1.66 bits per heavy atom. The number of aromatic nitrogens is 2. The minimum Gasteiger partial charge on any atom is -0.383 e. The third kappa shape index (κ3) is 4.99. The van der Waals surface area contributed by atoms with Crippen LogP contribution in [0.25, 0.3) is 11.3 Å². The third-order valence-electron chi connectivity index (χ3n) is 4.97. The van der Waals surface area contributed by atoms with Crippen LogP contribution in [0.4, 0.5) is 19.0 Å². The summed E-state index contributed by atoms with van der Waals surface area (Å²) in [7, 11) is 0. The molecule has 2 aromatic carbocycles. The van der Waals surface area contributed by atoms with E-state index in [2.05, 4.69) is 5.10 Å². The lowest BCUT2D eigenvalue weighted by atomic mass is 9.99. The molecule has 0 spiro atoms. The highest BCUT2D eigenvalue weighted by molar-refractivity contribution is 6.03. The minimum absolute atomic E-state index is 0.0573. The molecule has 0 unspecified atom stereocenters. The molecule has 168 valence electrons. The number of carbonyl (C=O) groups is 2. The summed E-state index contributed by atoms with van der Waals surface area (Å²) in [5, 5.41) is 4.41. The van der Waals surface area contributed by atoms with Crippen LogP contribution in [0, 0.1) is 0 Å². The number of halogens is 3. The van der Waals surface area contributed by atoms with E-state index < -0.39 is 17.6 Å². The molecule has 0 fully saturated rings. The lowest BCUT2D eigenvalue weighted by Gasteiger charge is -2.08. The Kier molecular flexibility index (Phi) is 6.38. The van der Waals surface area contributed by atoms with Gasteiger partial charge in [0.15, 0.2) is 0 Å². The number of Topliss-reactive ketones (excluding diaryl/α,β-unsaturated/α-hetero) is 1. The minimum atomic E-state index is -4.45. The third-order valence-corrected chi connectivity index (χ3v) is 4.97. The summed E-state index contributed by atoms with van der Waals surface area (Å²) in [5.74, 6) is -0.726. The van der Waals surface area contributed by atoms with Crippen LogP contribution in [0.5, 0.6) is 0 Å². The fourth-order valence-electron chi connectivity index (χ4n) is 3.44. The summed E-state index contributed by atoms with van der Waals surface area (Å²) in [6, 6.07) is 11.5. The van der Waals surface area contributed by atoms with E-state index in [0.717, 1.165) is 12.1 Å². The van der Waals surface area contributed by atoms with Crippen molar-refractivity contribution in [2.75, 3.05) is 5.73 Å². The smallest absolute Gasteiger partial charge is 0.383 e. The first-order chi connectivity index (χ1) is 15.0. The van der Waals surface area contributed by atoms with Crippen molar-refractivity contribution < 1.29 is 22.8 Å². The van der Waals surface area contributed by atoms with Crippen molar-refractivity contribution in [2.45, 2.75) is 38.9 Å². The van der Waals surface area contributed by atoms with Crippen LogP contribution in [0.3, 0.4) is 0 Å². The molecule has 0 bridgehead atoms. The zero-order valence-electron chi connectivity index (χ0n) is 17.6. The number of hydrogen-bond donors (Lipinski definition) is 2. The second kappa shape index (κ2) is 8.86. The highest BCUT2D eigenvalue weighted by Gasteiger charge is 2.30. The molecule has 1 aromatic heterocycles. The van der Waals surface area contributed by atoms with E-state index in [4.69, 9.17) is 11.5 Å². The number of nitrogens with two attached hydrogens (primary N) is 2. The highest BCUT2D eigenvalue weighted by atomic mass is 19.4. The maximum absolute atomic E-state index is 12.9. The molecule has 0 aliphatic rings. The normalized spacial score (nSPS) is 11.7. The Hall–Kier alpha value is -3.62. The molecule has 9 heteroatoms. The lowest BCUT2D eigenvalue weighted by molar-refractivity contribution is -0.137. The predicted molar refractivity (Wildman–Crippen MR) is 115 cm³/mol. The molecule has 1 heterocycles. The molecular formula is C23H23F3N4O2. The number of nitrogens with zero attached hydrogens (tertiary/aromatic N) is 2. The molecule has 0 aliphatic heterocycles. The van der Waals surface area contributed by atoms with Crippen LogP contribution in [-0.2, 0) is 23.8 Å². The largest absolute Gasteiger partial charge is 0.416 e. The van der Waals surface area contributed by atoms with Gasteiger partial charge in [0.2, 0.25) is 0 Å². The Morgan fingerprint density at radius 3 is 2.22 bits per heavy atom. The van der Waals surface area contributed by atoms with E-state index >= 15 is 0 Å². The van der Waals surface area contributed by atoms with Gasteiger partial charge in [-0.3, -0.25) is 9.59 Å². The standard InChI is InChI=1S/C23H23F3N4O2/c1-13(2)30-21(27)19(22(28)32)20(29-30)16-8-6-14(7-9-16)11-18(31)12-15-4-3-5-17(10-15)23(24,25)26/h3-10,13H,11-12,27H2,1-2H3,(H2,28,32). The second-order valence-corrected chi connectivity index (χ2v) is 7.80. The van der Waals surface area contributed by atoms with Gasteiger partial charge in [0.05, 0.1) is 5.56 Å². The average molecular weight is 444 g/mol. The Labute approximate surface area is 183 Å². The maximum Gasteiger partial charge on any atom is 0.416 e. The number of nitrogen functional groups attached to an aromatic ring is 1. The van der Waals surface area contributed by atoms with Crippen LogP contribution >= 0.6 is 0 Å². The number of carbonyl (C=O) groups excluding carboxylic acids is 2. The van der Waals surface area contributed by atoms with Crippen molar-refractivity contribution >= 4 is 17.5 Å². The Bertz CT molecular complexity index is 1150. The van der Waals surface area contributed by atoms with Gasteiger partial charge in [0.25, 0.3) is 5.91 Å². The summed E-state index contributed by atoms with van der Waals surface area (Å²) in [6.07, 6.45) is -4.50. The zero-order valence-corrected chi connectivity index (χ0v) is 17.6. The second-order valence-electron chi connectivity index (χ2n) is 7.80. The van der Waals surface area contributed by atoms with Crippen LogP contribution in [0.15, 0.2) is 48.5 Å². The SMILES string of the molecule is CC(C)n1nc(-c2ccc(CC(=O)Cc3cccc(C(F)(F)F)c3)cc2)c(C(N)=O)c1N. The molecule has 1 amide bonds. The van der Waals surface area contributed by atoms with Gasteiger partial charge in [-0.1, -0.05) is 42.5 Å². The Morgan fingerprint density at radius 1 is 1.03 bits per heavy atom. The van der Waals surface area contributed by atoms with Crippen molar-refractivity contribution in [3.8, 4) is 11.3 Å². The van der Waals surface area contributed by atoms with E-state index in [1.54, 1.807) is 24.3 Å². The first-order valence-corrected chi connectivity index (χ1v) is 9.92. The molecule has 6 nitrogen and oxygen atoms in total. The Balaban J connectivity index is 1.77. The van der Waals surface area contributed by atoms with E-state index in [1.165, 1.54) is 16.8 Å². The first-order valence-electron chi connectivity index (χ1n) is 9.92. The van der Waals surface area contributed by atoms with Crippen molar-refractivity contribution in [3.63, 3.8) is 0 Å². The van der Waals surface area contributed by atoms with Gasteiger partial charge >= 0.3 is 6.18 Å². The number of alkyl halides is 3. The molecule has 0 saturated carbocycles. The number of primary amides is 1. The summed E-state index contributed by atoms with van der Waals surface area (Å²) in [4.78, 5) is 24.3. The molecule has 0 aliphatic carbocycles. The summed E-state index contributed by atoms with van der Waals surface area (Å²) in [5.41, 5.74) is 12.8. The number of hydrogen-bond acceptors (Lipinski definition) is 4. The molecule has 3 rings (SSSR count). The number of benzene rings is 2. The molecule has 4 N–H and O–H groups in total. The van der Waals surface area contributed by atoms with Gasteiger partial charge in [-0.05, 0) is 31.0 Å². The number of ketones is 1. The molecule has 3 aromatic rings. The number of rotatable bonds is 7. The quantitative estimate of drug-likeness (QED) is 0.570. The molecule has 0 radical (unpaired) electrons. The van der Waals surface area contributed by atoms with Crippen LogP contribution in [-0.4, -0.2) is 21.5 Å².